The van der Waals surface area contributed by atoms with Crippen LogP contribution >= 0.6 is 0 Å². The van der Waals surface area contributed by atoms with E-state index < -0.39 is 11.9 Å². The van der Waals surface area contributed by atoms with E-state index in [9.17, 15) is 9.18 Å². The molecular formula is C14H10FNO2. The lowest BCUT2D eigenvalue weighted by atomic mass is 9.98. The molecule has 3 rings (SSSR count). The van der Waals surface area contributed by atoms with Gasteiger partial charge in [-0.05, 0) is 18.2 Å². The molecule has 1 heterocycles. The normalized spacial score (nSPS) is 17.4. The summed E-state index contributed by atoms with van der Waals surface area (Å²) in [4.78, 5) is 12.2. The summed E-state index contributed by atoms with van der Waals surface area (Å²) in [5.41, 5.74) is 6.84. The highest BCUT2D eigenvalue weighted by atomic mass is 19.1. The molecule has 3 nitrogen and oxygen atoms in total. The molecule has 1 aliphatic heterocycles. The van der Waals surface area contributed by atoms with Gasteiger partial charge in [-0.15, -0.1) is 0 Å². The monoisotopic (exact) mass is 243 g/mol. The lowest BCUT2D eigenvalue weighted by Crippen LogP contribution is -2.20. The Morgan fingerprint density at radius 2 is 1.89 bits per heavy atom. The molecular weight excluding hydrogens is 233 g/mol. The van der Waals surface area contributed by atoms with Crippen LogP contribution in [0.5, 0.6) is 11.5 Å². The number of benzene rings is 2. The number of ketones is 1. The number of rotatable bonds is 0. The highest BCUT2D eigenvalue weighted by molar-refractivity contribution is 6.03. The van der Waals surface area contributed by atoms with Gasteiger partial charge in [0.05, 0.1) is 11.6 Å². The Balaban J connectivity index is 2.24. The van der Waals surface area contributed by atoms with Crippen molar-refractivity contribution in [3.05, 3.63) is 59.4 Å². The minimum Gasteiger partial charge on any atom is -0.456 e. The van der Waals surface area contributed by atoms with Crippen LogP contribution in [0.1, 0.15) is 22.0 Å². The predicted molar refractivity (Wildman–Crippen MR) is 64.2 cm³/mol. The molecule has 0 fully saturated rings. The molecule has 0 bridgehead atoms. The zero-order chi connectivity index (χ0) is 12.7. The molecule has 0 aromatic heterocycles. The highest BCUT2D eigenvalue weighted by Crippen LogP contribution is 2.37. The van der Waals surface area contributed by atoms with Crippen molar-refractivity contribution in [3.8, 4) is 11.5 Å². The number of hydrogen-bond donors (Lipinski definition) is 1. The summed E-state index contributed by atoms with van der Waals surface area (Å²) in [5.74, 6) is -0.0208. The summed E-state index contributed by atoms with van der Waals surface area (Å²) in [6.07, 6.45) is 0. The summed E-state index contributed by atoms with van der Waals surface area (Å²) < 4.78 is 18.8. The summed E-state index contributed by atoms with van der Waals surface area (Å²) in [6.45, 7) is 0. The van der Waals surface area contributed by atoms with E-state index in [1.807, 2.05) is 0 Å². The molecule has 0 radical (unpaired) electrons. The number of ether oxygens (including phenoxy) is 1. The molecule has 1 atom stereocenters. The minimum atomic E-state index is -0.784. The molecule has 0 saturated carbocycles. The molecule has 0 aliphatic carbocycles. The number of Topliss-reactive ketones (excluding diaryl/α,β-unsaturated/α-hetero) is 1. The molecule has 1 unspecified atom stereocenters. The first kappa shape index (κ1) is 10.9. The average Bonchev–Trinajstić information content (AvgIpc) is 2.47. The molecule has 1 aliphatic rings. The first-order valence-electron chi connectivity index (χ1n) is 5.53. The summed E-state index contributed by atoms with van der Waals surface area (Å²) in [5, 5.41) is 0. The van der Waals surface area contributed by atoms with E-state index >= 15 is 0 Å². The molecule has 0 spiro atoms. The first-order valence-corrected chi connectivity index (χ1v) is 5.53. The van der Waals surface area contributed by atoms with Gasteiger partial charge in [0.25, 0.3) is 0 Å². The third-order valence-corrected chi connectivity index (χ3v) is 2.97. The van der Waals surface area contributed by atoms with Crippen molar-refractivity contribution in [2.75, 3.05) is 0 Å². The van der Waals surface area contributed by atoms with E-state index in [4.69, 9.17) is 10.5 Å². The maximum atomic E-state index is 13.2. The van der Waals surface area contributed by atoms with Gasteiger partial charge in [0.1, 0.15) is 17.3 Å². The van der Waals surface area contributed by atoms with Crippen molar-refractivity contribution in [2.24, 2.45) is 5.73 Å². The van der Waals surface area contributed by atoms with Crippen LogP contribution in [0.3, 0.4) is 0 Å². The average molecular weight is 243 g/mol. The van der Waals surface area contributed by atoms with Crippen LogP contribution < -0.4 is 10.5 Å². The van der Waals surface area contributed by atoms with Gasteiger partial charge in [-0.2, -0.15) is 0 Å². The fourth-order valence-electron chi connectivity index (χ4n) is 2.04. The van der Waals surface area contributed by atoms with Gasteiger partial charge in [-0.3, -0.25) is 4.79 Å². The first-order chi connectivity index (χ1) is 8.66. The quantitative estimate of drug-likeness (QED) is 0.774. The second-order valence-corrected chi connectivity index (χ2v) is 4.12. The van der Waals surface area contributed by atoms with Crippen LogP contribution in [-0.4, -0.2) is 5.78 Å². The summed E-state index contributed by atoms with van der Waals surface area (Å²) >= 11 is 0. The van der Waals surface area contributed by atoms with E-state index in [2.05, 4.69) is 0 Å². The van der Waals surface area contributed by atoms with E-state index in [-0.39, 0.29) is 11.5 Å². The molecule has 2 N–H and O–H groups in total. The van der Waals surface area contributed by atoms with Gasteiger partial charge in [0.2, 0.25) is 0 Å². The number of halogens is 1. The van der Waals surface area contributed by atoms with Crippen LogP contribution in [0.4, 0.5) is 4.39 Å². The fraction of sp³-hybridized carbons (Fsp3) is 0.0714. The predicted octanol–water partition coefficient (Wildman–Crippen LogP) is 2.81. The fourth-order valence-corrected chi connectivity index (χ4v) is 2.04. The van der Waals surface area contributed by atoms with E-state index in [1.165, 1.54) is 18.2 Å². The topological polar surface area (TPSA) is 52.3 Å². The molecule has 90 valence electrons. The van der Waals surface area contributed by atoms with Crippen molar-refractivity contribution >= 4 is 5.78 Å². The lowest BCUT2D eigenvalue weighted by molar-refractivity contribution is 0.0962. The van der Waals surface area contributed by atoms with E-state index in [0.29, 0.717) is 16.9 Å². The van der Waals surface area contributed by atoms with Crippen LogP contribution in [0, 0.1) is 5.82 Å². The largest absolute Gasteiger partial charge is 0.456 e. The zero-order valence-corrected chi connectivity index (χ0v) is 9.39. The lowest BCUT2D eigenvalue weighted by Gasteiger charge is -2.09. The van der Waals surface area contributed by atoms with Crippen LogP contribution in [0.2, 0.25) is 0 Å². The van der Waals surface area contributed by atoms with Crippen molar-refractivity contribution in [1.29, 1.82) is 0 Å². The number of fused-ring (bicyclic) bond motifs is 2. The van der Waals surface area contributed by atoms with Gasteiger partial charge < -0.3 is 10.5 Å². The van der Waals surface area contributed by atoms with Crippen LogP contribution in [0.25, 0.3) is 0 Å². The highest BCUT2D eigenvalue weighted by Gasteiger charge is 2.28. The third-order valence-electron chi connectivity index (χ3n) is 2.97. The zero-order valence-electron chi connectivity index (χ0n) is 9.39. The third kappa shape index (κ3) is 1.58. The Labute approximate surface area is 103 Å². The number of para-hydroxylation sites is 1. The van der Waals surface area contributed by atoms with Crippen molar-refractivity contribution in [3.63, 3.8) is 0 Å². The van der Waals surface area contributed by atoms with Crippen molar-refractivity contribution < 1.29 is 13.9 Å². The summed E-state index contributed by atoms with van der Waals surface area (Å²) in [7, 11) is 0. The van der Waals surface area contributed by atoms with Gasteiger partial charge in [-0.25, -0.2) is 4.39 Å². The number of carbonyl (C=O) groups is 1. The molecule has 0 amide bonds. The Morgan fingerprint density at radius 1 is 1.11 bits per heavy atom. The summed E-state index contributed by atoms with van der Waals surface area (Å²) in [6, 6.07) is 10.0. The molecule has 4 heteroatoms. The second kappa shape index (κ2) is 3.92. The van der Waals surface area contributed by atoms with Gasteiger partial charge in [-0.1, -0.05) is 18.2 Å². The smallest absolute Gasteiger partial charge is 0.187 e. The minimum absolute atomic E-state index is 0.209. The van der Waals surface area contributed by atoms with Crippen LogP contribution in [0.15, 0.2) is 42.5 Å². The maximum absolute atomic E-state index is 13.2. The van der Waals surface area contributed by atoms with Gasteiger partial charge in [0.15, 0.2) is 5.78 Å². The Bertz CT molecular complexity index is 639. The van der Waals surface area contributed by atoms with Gasteiger partial charge in [0, 0.05) is 11.6 Å². The Morgan fingerprint density at radius 3 is 2.72 bits per heavy atom. The molecule has 18 heavy (non-hydrogen) atoms. The Hall–Kier alpha value is -2.20. The van der Waals surface area contributed by atoms with E-state index in [1.54, 1.807) is 24.3 Å². The SMILES string of the molecule is NC1C(=O)c2ccc(F)cc2Oc2ccccc21. The molecule has 0 saturated heterocycles. The standard InChI is InChI=1S/C14H10FNO2/c15-8-5-6-10-12(7-8)18-11-4-2-1-3-9(11)13(16)14(10)17/h1-7,13H,16H2. The number of carbonyl (C=O) groups excluding carboxylic acids is 1. The second-order valence-electron chi connectivity index (χ2n) is 4.12. The van der Waals surface area contributed by atoms with E-state index in [0.717, 1.165) is 0 Å². The maximum Gasteiger partial charge on any atom is 0.187 e. The van der Waals surface area contributed by atoms with Gasteiger partial charge >= 0.3 is 0 Å². The number of hydrogen-bond acceptors (Lipinski definition) is 3. The molecule has 2 aromatic rings. The number of nitrogens with two attached hydrogens (primary N) is 1. The van der Waals surface area contributed by atoms with Crippen molar-refractivity contribution in [2.45, 2.75) is 6.04 Å². The van der Waals surface area contributed by atoms with Crippen molar-refractivity contribution in [1.82, 2.24) is 0 Å². The van der Waals surface area contributed by atoms with Crippen LogP contribution in [-0.2, 0) is 0 Å². The molecule has 2 aromatic carbocycles. The Kier molecular flexibility index (Phi) is 2.38.